The average molecular weight is 332 g/mol. The maximum atomic E-state index is 9.15. The molecule has 0 spiro atoms. The van der Waals surface area contributed by atoms with E-state index in [0.717, 1.165) is 22.6 Å². The van der Waals surface area contributed by atoms with Crippen molar-refractivity contribution in [2.24, 2.45) is 0 Å². The third-order valence-electron chi connectivity index (χ3n) is 3.50. The molecular formula is C18H16N6O. The first-order valence-electron chi connectivity index (χ1n) is 7.64. The van der Waals surface area contributed by atoms with Gasteiger partial charge in [-0.25, -0.2) is 0 Å². The van der Waals surface area contributed by atoms with Crippen LogP contribution >= 0.6 is 0 Å². The lowest BCUT2D eigenvalue weighted by Gasteiger charge is -2.11. The lowest BCUT2D eigenvalue weighted by molar-refractivity contribution is 0.304. The van der Waals surface area contributed by atoms with Gasteiger partial charge in [0.1, 0.15) is 24.0 Å². The molecule has 0 fully saturated rings. The maximum Gasteiger partial charge on any atom is 0.216 e. The van der Waals surface area contributed by atoms with Crippen molar-refractivity contribution in [3.63, 3.8) is 0 Å². The SMILES string of the molecule is Cc1cc(NC=C(C#N)c2nn[nH]n2)ccc1OCc1ccccc1. The normalized spacial score (nSPS) is 11.0. The third kappa shape index (κ3) is 4.20. The fraction of sp³-hybridized carbons (Fsp3) is 0.111. The van der Waals surface area contributed by atoms with E-state index in [4.69, 9.17) is 10.00 Å². The van der Waals surface area contributed by atoms with Gasteiger partial charge in [0.15, 0.2) is 0 Å². The predicted molar refractivity (Wildman–Crippen MR) is 93.3 cm³/mol. The molecule has 0 radical (unpaired) electrons. The van der Waals surface area contributed by atoms with E-state index in [1.54, 1.807) is 6.20 Å². The molecule has 1 aromatic heterocycles. The fourth-order valence-corrected chi connectivity index (χ4v) is 2.21. The number of hydrogen-bond acceptors (Lipinski definition) is 6. The highest BCUT2D eigenvalue weighted by Crippen LogP contribution is 2.23. The molecule has 0 atom stereocenters. The topological polar surface area (TPSA) is 99.5 Å². The van der Waals surface area contributed by atoms with E-state index in [2.05, 4.69) is 25.9 Å². The van der Waals surface area contributed by atoms with Crippen molar-refractivity contribution in [1.29, 1.82) is 5.26 Å². The van der Waals surface area contributed by atoms with Gasteiger partial charge in [-0.05, 0) is 41.5 Å². The molecule has 0 aliphatic rings. The Hall–Kier alpha value is -3.66. The Morgan fingerprint density at radius 1 is 1.28 bits per heavy atom. The zero-order chi connectivity index (χ0) is 17.5. The lowest BCUT2D eigenvalue weighted by atomic mass is 10.2. The second-order valence-electron chi connectivity index (χ2n) is 5.30. The summed E-state index contributed by atoms with van der Waals surface area (Å²) in [6.07, 6.45) is 1.55. The van der Waals surface area contributed by atoms with Gasteiger partial charge in [-0.1, -0.05) is 30.3 Å². The lowest BCUT2D eigenvalue weighted by Crippen LogP contribution is -1.98. The van der Waals surface area contributed by atoms with Crippen molar-refractivity contribution in [3.05, 3.63) is 71.7 Å². The number of benzene rings is 2. The van der Waals surface area contributed by atoms with Crippen LogP contribution in [-0.4, -0.2) is 20.6 Å². The monoisotopic (exact) mass is 332 g/mol. The molecule has 0 amide bonds. The van der Waals surface area contributed by atoms with E-state index in [1.165, 1.54) is 0 Å². The minimum atomic E-state index is 0.245. The van der Waals surface area contributed by atoms with Crippen LogP contribution in [0.3, 0.4) is 0 Å². The Morgan fingerprint density at radius 2 is 2.12 bits per heavy atom. The van der Waals surface area contributed by atoms with Gasteiger partial charge in [-0.15, -0.1) is 10.2 Å². The number of aromatic amines is 1. The van der Waals surface area contributed by atoms with E-state index in [9.17, 15) is 0 Å². The number of aryl methyl sites for hydroxylation is 1. The van der Waals surface area contributed by atoms with Crippen molar-refractivity contribution in [2.75, 3.05) is 5.32 Å². The number of ether oxygens (including phenoxy) is 1. The number of nitrogens with zero attached hydrogens (tertiary/aromatic N) is 4. The number of allylic oxidation sites excluding steroid dienone is 1. The van der Waals surface area contributed by atoms with Crippen LogP contribution in [0.5, 0.6) is 5.75 Å². The Bertz CT molecular complexity index is 897. The van der Waals surface area contributed by atoms with Gasteiger partial charge >= 0.3 is 0 Å². The highest BCUT2D eigenvalue weighted by molar-refractivity contribution is 5.74. The Kier molecular flexibility index (Phi) is 5.02. The molecule has 25 heavy (non-hydrogen) atoms. The minimum absolute atomic E-state index is 0.245. The Labute approximate surface area is 145 Å². The van der Waals surface area contributed by atoms with E-state index in [-0.39, 0.29) is 11.4 Å². The molecule has 1 heterocycles. The first-order valence-corrected chi connectivity index (χ1v) is 7.64. The second kappa shape index (κ2) is 7.75. The molecule has 0 aliphatic heterocycles. The third-order valence-corrected chi connectivity index (χ3v) is 3.50. The fourth-order valence-electron chi connectivity index (χ4n) is 2.21. The summed E-state index contributed by atoms with van der Waals surface area (Å²) in [4.78, 5) is 0. The van der Waals surface area contributed by atoms with E-state index in [0.29, 0.717) is 6.61 Å². The zero-order valence-electron chi connectivity index (χ0n) is 13.6. The van der Waals surface area contributed by atoms with Crippen molar-refractivity contribution in [2.45, 2.75) is 13.5 Å². The van der Waals surface area contributed by atoms with Crippen LogP contribution in [0.1, 0.15) is 17.0 Å². The van der Waals surface area contributed by atoms with Crippen LogP contribution in [0.4, 0.5) is 5.69 Å². The Balaban J connectivity index is 1.66. The molecule has 0 bridgehead atoms. The van der Waals surface area contributed by atoms with Crippen LogP contribution in [0, 0.1) is 18.3 Å². The van der Waals surface area contributed by atoms with Crippen LogP contribution in [0.2, 0.25) is 0 Å². The molecule has 0 aliphatic carbocycles. The summed E-state index contributed by atoms with van der Waals surface area (Å²) in [6, 6.07) is 17.8. The Morgan fingerprint density at radius 3 is 2.80 bits per heavy atom. The number of anilines is 1. The molecule has 2 aromatic carbocycles. The van der Waals surface area contributed by atoms with Crippen LogP contribution in [-0.2, 0) is 6.61 Å². The van der Waals surface area contributed by atoms with Crippen LogP contribution < -0.4 is 10.1 Å². The summed E-state index contributed by atoms with van der Waals surface area (Å²) in [5.41, 5.74) is 3.23. The number of nitriles is 1. The molecule has 0 saturated carbocycles. The predicted octanol–water partition coefficient (Wildman–Crippen LogP) is 3.06. The van der Waals surface area contributed by atoms with Gasteiger partial charge in [0.25, 0.3) is 0 Å². The molecule has 3 rings (SSSR count). The number of nitrogens with one attached hydrogen (secondary N) is 2. The molecule has 7 nitrogen and oxygen atoms in total. The number of rotatable bonds is 6. The molecule has 0 unspecified atom stereocenters. The smallest absolute Gasteiger partial charge is 0.216 e. The number of H-pyrrole nitrogens is 1. The molecule has 7 heteroatoms. The van der Waals surface area contributed by atoms with Gasteiger partial charge < -0.3 is 10.1 Å². The number of tetrazole rings is 1. The largest absolute Gasteiger partial charge is 0.489 e. The van der Waals surface area contributed by atoms with Crippen molar-refractivity contribution in [3.8, 4) is 11.8 Å². The van der Waals surface area contributed by atoms with Gasteiger partial charge in [0.2, 0.25) is 5.82 Å². The second-order valence-corrected chi connectivity index (χ2v) is 5.30. The van der Waals surface area contributed by atoms with Crippen LogP contribution in [0.25, 0.3) is 5.57 Å². The van der Waals surface area contributed by atoms with E-state index >= 15 is 0 Å². The maximum absolute atomic E-state index is 9.15. The molecular weight excluding hydrogens is 316 g/mol. The van der Waals surface area contributed by atoms with E-state index < -0.39 is 0 Å². The van der Waals surface area contributed by atoms with Crippen LogP contribution in [0.15, 0.2) is 54.7 Å². The first-order chi connectivity index (χ1) is 12.3. The van der Waals surface area contributed by atoms with Gasteiger partial charge in [-0.2, -0.15) is 10.5 Å². The summed E-state index contributed by atoms with van der Waals surface area (Å²) in [5, 5.41) is 25.6. The average Bonchev–Trinajstić information content (AvgIpc) is 3.17. The van der Waals surface area contributed by atoms with Crippen molar-refractivity contribution < 1.29 is 4.74 Å². The molecule has 0 saturated heterocycles. The summed E-state index contributed by atoms with van der Waals surface area (Å²) in [7, 11) is 0. The van der Waals surface area contributed by atoms with Gasteiger partial charge in [-0.3, -0.25) is 0 Å². The summed E-state index contributed by atoms with van der Waals surface area (Å²) >= 11 is 0. The highest BCUT2D eigenvalue weighted by Gasteiger charge is 2.06. The van der Waals surface area contributed by atoms with Crippen molar-refractivity contribution >= 4 is 11.3 Å². The molecule has 3 aromatic rings. The summed E-state index contributed by atoms with van der Waals surface area (Å²) in [5.74, 6) is 1.06. The number of aromatic nitrogens is 4. The van der Waals surface area contributed by atoms with E-state index in [1.807, 2.05) is 61.5 Å². The summed E-state index contributed by atoms with van der Waals surface area (Å²) < 4.78 is 5.86. The highest BCUT2D eigenvalue weighted by atomic mass is 16.5. The first kappa shape index (κ1) is 16.2. The minimum Gasteiger partial charge on any atom is -0.489 e. The van der Waals surface area contributed by atoms with Gasteiger partial charge in [0.05, 0.1) is 0 Å². The molecule has 124 valence electrons. The van der Waals surface area contributed by atoms with Crippen molar-refractivity contribution in [1.82, 2.24) is 20.6 Å². The number of hydrogen-bond donors (Lipinski definition) is 2. The quantitative estimate of drug-likeness (QED) is 0.673. The zero-order valence-corrected chi connectivity index (χ0v) is 13.6. The standard InChI is InChI=1S/C18H16N6O/c1-13-9-16(20-11-15(10-19)18-21-23-24-22-18)7-8-17(13)25-12-14-5-3-2-4-6-14/h2-9,11,20H,12H2,1H3,(H,21,22,23,24). The summed E-state index contributed by atoms with van der Waals surface area (Å²) in [6.45, 7) is 2.49. The molecule has 2 N–H and O–H groups in total. The van der Waals surface area contributed by atoms with Gasteiger partial charge in [0, 0.05) is 11.9 Å².